The highest BCUT2D eigenvalue weighted by molar-refractivity contribution is 6.32. The Bertz CT molecular complexity index is 844. The number of ether oxygens (including phenoxy) is 1. The van der Waals surface area contributed by atoms with Gasteiger partial charge < -0.3 is 14.5 Å². The average Bonchev–Trinajstić information content (AvgIpc) is 3.03. The molecule has 3 aromatic rings. The highest BCUT2D eigenvalue weighted by atomic mass is 35.5. The number of halogens is 1. The fraction of sp³-hybridized carbons (Fsp3) is 0.250. The molecule has 1 amide bonds. The summed E-state index contributed by atoms with van der Waals surface area (Å²) in [6.07, 6.45) is 3.58. The van der Waals surface area contributed by atoms with E-state index in [9.17, 15) is 4.79 Å². The molecule has 5 heteroatoms. The Labute approximate surface area is 151 Å². The molecule has 130 valence electrons. The van der Waals surface area contributed by atoms with Gasteiger partial charge in [-0.2, -0.15) is 0 Å². The van der Waals surface area contributed by atoms with Crippen molar-refractivity contribution in [1.29, 1.82) is 0 Å². The van der Waals surface area contributed by atoms with Crippen molar-refractivity contribution < 1.29 is 13.9 Å². The molecule has 0 atom stereocenters. The Kier molecular flexibility index (Phi) is 5.96. The molecule has 1 N–H and O–H groups in total. The molecule has 0 unspecified atom stereocenters. The topological polar surface area (TPSA) is 51.5 Å². The summed E-state index contributed by atoms with van der Waals surface area (Å²) >= 11 is 6.01. The van der Waals surface area contributed by atoms with Crippen LogP contribution in [0.5, 0.6) is 5.75 Å². The second-order valence-corrected chi connectivity index (χ2v) is 6.15. The van der Waals surface area contributed by atoms with Crippen LogP contribution in [0.15, 0.2) is 59.2 Å². The summed E-state index contributed by atoms with van der Waals surface area (Å²) in [5, 5.41) is 4.62. The summed E-state index contributed by atoms with van der Waals surface area (Å²) in [4.78, 5) is 11.9. The van der Waals surface area contributed by atoms with Crippen molar-refractivity contribution in [3.63, 3.8) is 0 Å². The van der Waals surface area contributed by atoms with Crippen molar-refractivity contribution in [3.8, 4) is 5.75 Å². The smallest absolute Gasteiger partial charge is 0.220 e. The van der Waals surface area contributed by atoms with Gasteiger partial charge in [0, 0.05) is 18.4 Å². The van der Waals surface area contributed by atoms with Crippen LogP contribution in [0.1, 0.15) is 18.4 Å². The third-order valence-electron chi connectivity index (χ3n) is 3.92. The lowest BCUT2D eigenvalue weighted by atomic mass is 10.1. The number of hydrogen-bond donors (Lipinski definition) is 1. The van der Waals surface area contributed by atoms with Crippen molar-refractivity contribution in [3.05, 3.63) is 65.4 Å². The molecule has 0 bridgehead atoms. The molecule has 4 nitrogen and oxygen atoms in total. The predicted molar refractivity (Wildman–Crippen MR) is 99.1 cm³/mol. The number of carbonyl (C=O) groups excluding carboxylic acids is 1. The molecule has 0 aliphatic carbocycles. The molecule has 0 spiro atoms. The van der Waals surface area contributed by atoms with E-state index in [0.29, 0.717) is 36.8 Å². The second kappa shape index (κ2) is 8.58. The zero-order valence-corrected chi connectivity index (χ0v) is 14.6. The number of nitrogens with one attached hydrogen (secondary N) is 1. The van der Waals surface area contributed by atoms with Crippen LogP contribution in [0.4, 0.5) is 0 Å². The lowest BCUT2D eigenvalue weighted by Crippen LogP contribution is -2.25. The van der Waals surface area contributed by atoms with E-state index in [4.69, 9.17) is 20.8 Å². The van der Waals surface area contributed by atoms with Crippen LogP contribution in [0.3, 0.4) is 0 Å². The van der Waals surface area contributed by atoms with Crippen LogP contribution < -0.4 is 10.1 Å². The van der Waals surface area contributed by atoms with Crippen molar-refractivity contribution >= 4 is 28.5 Å². The summed E-state index contributed by atoms with van der Waals surface area (Å²) in [5.74, 6) is 0.673. The Morgan fingerprint density at radius 2 is 1.92 bits per heavy atom. The summed E-state index contributed by atoms with van der Waals surface area (Å²) in [7, 11) is 0. The molecule has 0 aliphatic heterocycles. The molecule has 0 radical (unpaired) electrons. The molecule has 1 aromatic heterocycles. The summed E-state index contributed by atoms with van der Waals surface area (Å²) in [6.45, 7) is 1.05. The Morgan fingerprint density at radius 3 is 2.80 bits per heavy atom. The highest BCUT2D eigenvalue weighted by Crippen LogP contribution is 2.23. The van der Waals surface area contributed by atoms with E-state index in [0.717, 1.165) is 23.0 Å². The first-order valence-corrected chi connectivity index (χ1v) is 8.71. The standard InChI is InChI=1S/C20H20ClNO3/c21-17-7-2-4-9-19(17)24-13-5-10-20(23)22-12-11-15-14-25-18-8-3-1-6-16(15)18/h1-4,6-9,14H,5,10-13H2,(H,22,23). The van der Waals surface area contributed by atoms with E-state index in [2.05, 4.69) is 5.32 Å². The van der Waals surface area contributed by atoms with Gasteiger partial charge in [0.1, 0.15) is 11.3 Å². The maximum atomic E-state index is 11.9. The minimum absolute atomic E-state index is 0.0237. The van der Waals surface area contributed by atoms with Crippen molar-refractivity contribution in [2.24, 2.45) is 0 Å². The first-order valence-electron chi connectivity index (χ1n) is 8.33. The highest BCUT2D eigenvalue weighted by Gasteiger charge is 2.06. The van der Waals surface area contributed by atoms with Gasteiger partial charge in [-0.15, -0.1) is 0 Å². The van der Waals surface area contributed by atoms with E-state index in [1.54, 1.807) is 12.3 Å². The van der Waals surface area contributed by atoms with Crippen LogP contribution in [0.2, 0.25) is 5.02 Å². The van der Waals surface area contributed by atoms with E-state index < -0.39 is 0 Å². The van der Waals surface area contributed by atoms with Gasteiger partial charge >= 0.3 is 0 Å². The van der Waals surface area contributed by atoms with Gasteiger partial charge in [-0.3, -0.25) is 4.79 Å². The van der Waals surface area contributed by atoms with Gasteiger partial charge in [0.05, 0.1) is 17.9 Å². The average molecular weight is 358 g/mol. The summed E-state index contributed by atoms with van der Waals surface area (Å²) in [6, 6.07) is 15.2. The first kappa shape index (κ1) is 17.4. The maximum Gasteiger partial charge on any atom is 0.220 e. The summed E-state index contributed by atoms with van der Waals surface area (Å²) < 4.78 is 11.1. The molecular formula is C20H20ClNO3. The number of para-hydroxylation sites is 2. The van der Waals surface area contributed by atoms with Crippen LogP contribution >= 0.6 is 11.6 Å². The van der Waals surface area contributed by atoms with Crippen LogP contribution in [-0.4, -0.2) is 19.1 Å². The van der Waals surface area contributed by atoms with Gasteiger partial charge in [-0.25, -0.2) is 0 Å². The predicted octanol–water partition coefficient (Wildman–Crippen LogP) is 4.60. The quantitative estimate of drug-likeness (QED) is 0.599. The molecule has 0 fully saturated rings. The third kappa shape index (κ3) is 4.77. The fourth-order valence-electron chi connectivity index (χ4n) is 2.63. The molecule has 0 saturated carbocycles. The van der Waals surface area contributed by atoms with E-state index in [-0.39, 0.29) is 5.91 Å². The van der Waals surface area contributed by atoms with Crippen molar-refractivity contribution in [1.82, 2.24) is 5.32 Å². The van der Waals surface area contributed by atoms with Gasteiger partial charge in [0.25, 0.3) is 0 Å². The number of hydrogen-bond acceptors (Lipinski definition) is 3. The second-order valence-electron chi connectivity index (χ2n) is 5.74. The molecule has 1 heterocycles. The van der Waals surface area contributed by atoms with Crippen LogP contribution in [0, 0.1) is 0 Å². The van der Waals surface area contributed by atoms with Gasteiger partial charge in [-0.05, 0) is 36.6 Å². The number of carbonyl (C=O) groups is 1. The molecule has 0 aliphatic rings. The SMILES string of the molecule is O=C(CCCOc1ccccc1Cl)NCCc1coc2ccccc12. The van der Waals surface area contributed by atoms with E-state index in [1.165, 1.54) is 0 Å². The molecule has 2 aromatic carbocycles. The van der Waals surface area contributed by atoms with Crippen molar-refractivity contribution in [2.45, 2.75) is 19.3 Å². The minimum Gasteiger partial charge on any atom is -0.492 e. The number of furan rings is 1. The third-order valence-corrected chi connectivity index (χ3v) is 4.23. The summed E-state index contributed by atoms with van der Waals surface area (Å²) in [5.41, 5.74) is 1.98. The number of benzene rings is 2. The van der Waals surface area contributed by atoms with Crippen LogP contribution in [-0.2, 0) is 11.2 Å². The zero-order chi connectivity index (χ0) is 17.5. The fourth-order valence-corrected chi connectivity index (χ4v) is 2.82. The Hall–Kier alpha value is -2.46. The Morgan fingerprint density at radius 1 is 1.12 bits per heavy atom. The monoisotopic (exact) mass is 357 g/mol. The van der Waals surface area contributed by atoms with Crippen LogP contribution in [0.25, 0.3) is 11.0 Å². The molecule has 3 rings (SSSR count). The first-order chi connectivity index (χ1) is 12.2. The van der Waals surface area contributed by atoms with E-state index >= 15 is 0 Å². The number of amides is 1. The van der Waals surface area contributed by atoms with Gasteiger partial charge in [0.15, 0.2) is 0 Å². The molecule has 25 heavy (non-hydrogen) atoms. The van der Waals surface area contributed by atoms with Gasteiger partial charge in [0.2, 0.25) is 5.91 Å². The maximum absolute atomic E-state index is 11.9. The number of fused-ring (bicyclic) bond motifs is 1. The molecular weight excluding hydrogens is 338 g/mol. The van der Waals surface area contributed by atoms with E-state index in [1.807, 2.05) is 42.5 Å². The largest absolute Gasteiger partial charge is 0.492 e. The van der Waals surface area contributed by atoms with Gasteiger partial charge in [-0.1, -0.05) is 41.9 Å². The van der Waals surface area contributed by atoms with Crippen molar-refractivity contribution in [2.75, 3.05) is 13.2 Å². The Balaban J connectivity index is 1.35. The lowest BCUT2D eigenvalue weighted by Gasteiger charge is -2.08. The zero-order valence-electron chi connectivity index (χ0n) is 13.8. The lowest BCUT2D eigenvalue weighted by molar-refractivity contribution is -0.121. The minimum atomic E-state index is 0.0237. The molecule has 0 saturated heterocycles. The normalized spacial score (nSPS) is 10.8. The number of rotatable bonds is 8.